The molecule has 6 nitrogen and oxygen atoms in total. The van der Waals surface area contributed by atoms with Crippen LogP contribution in [0.5, 0.6) is 0 Å². The van der Waals surface area contributed by atoms with E-state index in [0.717, 1.165) is 32.0 Å². The average molecular weight is 365 g/mol. The highest BCUT2D eigenvalue weighted by atomic mass is 16.2. The van der Waals surface area contributed by atoms with Crippen molar-refractivity contribution in [2.75, 3.05) is 49.1 Å². The Labute approximate surface area is 160 Å². The Bertz CT molecular complexity index is 773. The Kier molecular flexibility index (Phi) is 5.23. The van der Waals surface area contributed by atoms with Crippen molar-refractivity contribution in [1.82, 2.24) is 14.9 Å². The first-order valence-electron chi connectivity index (χ1n) is 9.87. The lowest BCUT2D eigenvalue weighted by atomic mass is 10.0. The van der Waals surface area contributed by atoms with E-state index >= 15 is 0 Å². The maximum atomic E-state index is 12.9. The number of aromatic nitrogens is 2. The van der Waals surface area contributed by atoms with Gasteiger partial charge in [0, 0.05) is 51.0 Å². The fraction of sp³-hybridized carbons (Fsp3) is 0.476. The standard InChI is InChI=1S/C21H27N5O/c1-17-6-5-9-26(15-17)20-14-19(22-16-23-20)21(27)25-12-10-24(11-13-25)18-7-3-2-4-8-18/h2-4,7-8,14,16-17H,5-6,9-13,15H2,1H3. The molecule has 0 aliphatic carbocycles. The van der Waals surface area contributed by atoms with Gasteiger partial charge in [0.15, 0.2) is 0 Å². The van der Waals surface area contributed by atoms with Gasteiger partial charge in [-0.05, 0) is 30.9 Å². The largest absolute Gasteiger partial charge is 0.368 e. The lowest BCUT2D eigenvalue weighted by molar-refractivity contribution is 0.0740. The normalized spacial score (nSPS) is 20.6. The molecule has 27 heavy (non-hydrogen) atoms. The number of carbonyl (C=O) groups is 1. The van der Waals surface area contributed by atoms with E-state index < -0.39 is 0 Å². The van der Waals surface area contributed by atoms with E-state index in [1.54, 1.807) is 0 Å². The minimum Gasteiger partial charge on any atom is -0.368 e. The van der Waals surface area contributed by atoms with Crippen LogP contribution < -0.4 is 9.80 Å². The van der Waals surface area contributed by atoms with E-state index in [1.807, 2.05) is 17.0 Å². The van der Waals surface area contributed by atoms with Crippen LogP contribution in [0.2, 0.25) is 0 Å². The van der Waals surface area contributed by atoms with Gasteiger partial charge in [0.2, 0.25) is 0 Å². The zero-order valence-corrected chi connectivity index (χ0v) is 15.9. The van der Waals surface area contributed by atoms with Crippen LogP contribution in [0.3, 0.4) is 0 Å². The minimum absolute atomic E-state index is 0.0106. The van der Waals surface area contributed by atoms with Gasteiger partial charge >= 0.3 is 0 Å². The van der Waals surface area contributed by atoms with Crippen LogP contribution in [0.4, 0.5) is 11.5 Å². The Hall–Kier alpha value is -2.63. The Morgan fingerprint density at radius 3 is 2.52 bits per heavy atom. The molecule has 0 bridgehead atoms. The molecule has 2 aliphatic rings. The number of amides is 1. The van der Waals surface area contributed by atoms with Gasteiger partial charge in [0.05, 0.1) is 0 Å². The summed E-state index contributed by atoms with van der Waals surface area (Å²) in [6, 6.07) is 12.2. The summed E-state index contributed by atoms with van der Waals surface area (Å²) < 4.78 is 0. The number of carbonyl (C=O) groups excluding carboxylic acids is 1. The molecular weight excluding hydrogens is 338 g/mol. The van der Waals surface area contributed by atoms with Crippen LogP contribution in [0.25, 0.3) is 0 Å². The highest BCUT2D eigenvalue weighted by molar-refractivity contribution is 5.93. The second-order valence-electron chi connectivity index (χ2n) is 7.57. The van der Waals surface area contributed by atoms with Gasteiger partial charge in [-0.15, -0.1) is 0 Å². The van der Waals surface area contributed by atoms with Gasteiger partial charge in [-0.2, -0.15) is 0 Å². The number of nitrogens with zero attached hydrogens (tertiary/aromatic N) is 5. The summed E-state index contributed by atoms with van der Waals surface area (Å²) in [5.74, 6) is 1.55. The monoisotopic (exact) mass is 365 g/mol. The average Bonchev–Trinajstić information content (AvgIpc) is 2.74. The summed E-state index contributed by atoms with van der Waals surface area (Å²) in [6.07, 6.45) is 3.97. The fourth-order valence-electron chi connectivity index (χ4n) is 4.00. The lowest BCUT2D eigenvalue weighted by Crippen LogP contribution is -2.49. The maximum absolute atomic E-state index is 12.9. The summed E-state index contributed by atoms with van der Waals surface area (Å²) in [5.41, 5.74) is 1.72. The lowest BCUT2D eigenvalue weighted by Gasteiger charge is -2.36. The quantitative estimate of drug-likeness (QED) is 0.837. The third kappa shape index (κ3) is 4.04. The molecule has 0 spiro atoms. The summed E-state index contributed by atoms with van der Waals surface area (Å²) in [5, 5.41) is 0. The zero-order valence-electron chi connectivity index (χ0n) is 15.9. The van der Waals surface area contributed by atoms with Crippen LogP contribution in [-0.2, 0) is 0 Å². The first kappa shape index (κ1) is 17.8. The van der Waals surface area contributed by atoms with Crippen molar-refractivity contribution >= 4 is 17.4 Å². The molecular formula is C21H27N5O. The predicted molar refractivity (Wildman–Crippen MR) is 107 cm³/mol. The number of anilines is 2. The predicted octanol–water partition coefficient (Wildman–Crippen LogP) is 2.68. The van der Waals surface area contributed by atoms with E-state index in [9.17, 15) is 4.79 Å². The number of piperazine rings is 1. The summed E-state index contributed by atoms with van der Waals surface area (Å²) >= 11 is 0. The number of para-hydroxylation sites is 1. The third-order valence-corrected chi connectivity index (χ3v) is 5.54. The molecule has 0 N–H and O–H groups in total. The molecule has 3 heterocycles. The second-order valence-corrected chi connectivity index (χ2v) is 7.57. The molecule has 6 heteroatoms. The molecule has 2 fully saturated rings. The van der Waals surface area contributed by atoms with E-state index in [0.29, 0.717) is 24.7 Å². The Morgan fingerprint density at radius 2 is 1.78 bits per heavy atom. The molecule has 1 aromatic carbocycles. The van der Waals surface area contributed by atoms with Crippen LogP contribution in [0.1, 0.15) is 30.3 Å². The smallest absolute Gasteiger partial charge is 0.272 e. The van der Waals surface area contributed by atoms with E-state index in [4.69, 9.17) is 0 Å². The van der Waals surface area contributed by atoms with Crippen LogP contribution in [-0.4, -0.2) is 60.0 Å². The highest BCUT2D eigenvalue weighted by Gasteiger charge is 2.24. The summed E-state index contributed by atoms with van der Waals surface area (Å²) in [4.78, 5) is 28.1. The molecule has 0 saturated carbocycles. The molecule has 1 atom stereocenters. The zero-order chi connectivity index (χ0) is 18.6. The number of hydrogen-bond donors (Lipinski definition) is 0. The second kappa shape index (κ2) is 7.94. The van der Waals surface area contributed by atoms with Crippen LogP contribution in [0.15, 0.2) is 42.7 Å². The number of piperidine rings is 1. The number of rotatable bonds is 3. The fourth-order valence-corrected chi connectivity index (χ4v) is 4.00. The van der Waals surface area contributed by atoms with Gasteiger partial charge in [0.25, 0.3) is 5.91 Å². The van der Waals surface area contributed by atoms with Gasteiger partial charge in [-0.1, -0.05) is 25.1 Å². The molecule has 0 radical (unpaired) electrons. The van der Waals surface area contributed by atoms with E-state index in [1.165, 1.54) is 24.9 Å². The van der Waals surface area contributed by atoms with Crippen molar-refractivity contribution in [3.05, 3.63) is 48.4 Å². The first-order chi connectivity index (χ1) is 13.2. The van der Waals surface area contributed by atoms with Crippen molar-refractivity contribution in [3.63, 3.8) is 0 Å². The highest BCUT2D eigenvalue weighted by Crippen LogP contribution is 2.22. The van der Waals surface area contributed by atoms with Crippen molar-refractivity contribution < 1.29 is 4.79 Å². The van der Waals surface area contributed by atoms with E-state index in [2.05, 4.69) is 51.0 Å². The number of benzene rings is 1. The molecule has 1 unspecified atom stereocenters. The minimum atomic E-state index is 0.0106. The molecule has 2 aliphatic heterocycles. The topological polar surface area (TPSA) is 52.6 Å². The van der Waals surface area contributed by atoms with Crippen molar-refractivity contribution in [1.29, 1.82) is 0 Å². The molecule has 2 saturated heterocycles. The van der Waals surface area contributed by atoms with Crippen LogP contribution in [0, 0.1) is 5.92 Å². The van der Waals surface area contributed by atoms with Crippen molar-refractivity contribution in [3.8, 4) is 0 Å². The van der Waals surface area contributed by atoms with Crippen LogP contribution >= 0.6 is 0 Å². The van der Waals surface area contributed by atoms with Gasteiger partial charge in [-0.3, -0.25) is 4.79 Å². The Morgan fingerprint density at radius 1 is 1.00 bits per heavy atom. The van der Waals surface area contributed by atoms with Crippen molar-refractivity contribution in [2.45, 2.75) is 19.8 Å². The third-order valence-electron chi connectivity index (χ3n) is 5.54. The maximum Gasteiger partial charge on any atom is 0.272 e. The Balaban J connectivity index is 1.41. The molecule has 4 rings (SSSR count). The van der Waals surface area contributed by atoms with Gasteiger partial charge in [0.1, 0.15) is 17.8 Å². The van der Waals surface area contributed by atoms with Crippen molar-refractivity contribution in [2.24, 2.45) is 5.92 Å². The first-order valence-corrected chi connectivity index (χ1v) is 9.87. The molecule has 1 aromatic heterocycles. The summed E-state index contributed by atoms with van der Waals surface area (Å²) in [6.45, 7) is 7.40. The molecule has 1 amide bonds. The number of hydrogen-bond acceptors (Lipinski definition) is 5. The van der Waals surface area contributed by atoms with E-state index in [-0.39, 0.29) is 5.91 Å². The molecule has 2 aromatic rings. The SMILES string of the molecule is CC1CCCN(c2cc(C(=O)N3CCN(c4ccccc4)CC3)ncn2)C1. The molecule has 142 valence electrons. The van der Waals surface area contributed by atoms with Gasteiger partial charge in [-0.25, -0.2) is 9.97 Å². The van der Waals surface area contributed by atoms with Gasteiger partial charge < -0.3 is 14.7 Å². The summed E-state index contributed by atoms with van der Waals surface area (Å²) in [7, 11) is 0.